The van der Waals surface area contributed by atoms with Crippen molar-refractivity contribution in [2.24, 2.45) is 0 Å². The fourth-order valence-corrected chi connectivity index (χ4v) is 2.43. The lowest BCUT2D eigenvalue weighted by Crippen LogP contribution is -2.07. The molecule has 0 aliphatic carbocycles. The number of carbonyl (C=O) groups is 1. The van der Waals surface area contributed by atoms with E-state index in [0.717, 1.165) is 30.3 Å². The summed E-state index contributed by atoms with van der Waals surface area (Å²) in [5.41, 5.74) is 0.498. The van der Waals surface area contributed by atoms with Crippen molar-refractivity contribution in [2.45, 2.75) is 13.5 Å². The number of carbonyl (C=O) groups excluding carboxylic acids is 1. The van der Waals surface area contributed by atoms with Gasteiger partial charge in [-0.15, -0.1) is 5.10 Å². The maximum atomic E-state index is 13.7. The first-order valence-electron chi connectivity index (χ1n) is 7.93. The first-order chi connectivity index (χ1) is 13.0. The van der Waals surface area contributed by atoms with Gasteiger partial charge in [0.05, 0.1) is 6.61 Å². The molecule has 1 aromatic heterocycles. The van der Waals surface area contributed by atoms with Crippen molar-refractivity contribution in [3.63, 3.8) is 0 Å². The first-order valence-corrected chi connectivity index (χ1v) is 7.93. The van der Waals surface area contributed by atoms with Gasteiger partial charge in [0.25, 0.3) is 0 Å². The van der Waals surface area contributed by atoms with E-state index >= 15 is 0 Å². The van der Waals surface area contributed by atoms with Crippen LogP contribution in [0.5, 0.6) is 5.75 Å². The molecule has 6 nitrogen and oxygen atoms in total. The summed E-state index contributed by atoms with van der Waals surface area (Å²) in [6, 6.07) is 6.53. The maximum absolute atomic E-state index is 13.7. The van der Waals surface area contributed by atoms with E-state index in [9.17, 15) is 18.0 Å². The van der Waals surface area contributed by atoms with E-state index in [0.29, 0.717) is 0 Å². The average Bonchev–Trinajstić information content (AvgIpc) is 3.09. The van der Waals surface area contributed by atoms with Gasteiger partial charge in [-0.2, -0.15) is 10.3 Å². The quantitative estimate of drug-likeness (QED) is 0.664. The van der Waals surface area contributed by atoms with Gasteiger partial charge < -0.3 is 9.47 Å². The highest BCUT2D eigenvalue weighted by molar-refractivity contribution is 5.94. The van der Waals surface area contributed by atoms with Crippen LogP contribution in [0, 0.1) is 17.5 Å². The van der Waals surface area contributed by atoms with E-state index in [1.165, 1.54) is 6.07 Å². The summed E-state index contributed by atoms with van der Waals surface area (Å²) in [4.78, 5) is 12.0. The normalized spacial score (nSPS) is 10.7. The van der Waals surface area contributed by atoms with Crippen LogP contribution in [-0.2, 0) is 11.3 Å². The molecule has 0 saturated carbocycles. The molecule has 2 aromatic carbocycles. The van der Waals surface area contributed by atoms with Crippen molar-refractivity contribution in [1.29, 1.82) is 0 Å². The highest BCUT2D eigenvalue weighted by Gasteiger charge is 2.22. The Morgan fingerprint density at radius 3 is 2.48 bits per heavy atom. The third-order valence-corrected chi connectivity index (χ3v) is 3.53. The van der Waals surface area contributed by atoms with Crippen LogP contribution < -0.4 is 4.74 Å². The molecule has 0 spiro atoms. The zero-order valence-electron chi connectivity index (χ0n) is 14.1. The molecule has 0 fully saturated rings. The molecule has 1 N–H and O–H groups in total. The summed E-state index contributed by atoms with van der Waals surface area (Å²) in [5, 5.41) is 9.98. The second-order valence-electron chi connectivity index (χ2n) is 5.45. The molecule has 27 heavy (non-hydrogen) atoms. The van der Waals surface area contributed by atoms with E-state index < -0.39 is 23.4 Å². The topological polar surface area (TPSA) is 77.1 Å². The number of aromatic nitrogens is 3. The second-order valence-corrected chi connectivity index (χ2v) is 5.45. The minimum atomic E-state index is -0.755. The minimum Gasteiger partial charge on any atom is -0.488 e. The van der Waals surface area contributed by atoms with Crippen molar-refractivity contribution in [3.05, 3.63) is 65.1 Å². The molecule has 140 valence electrons. The summed E-state index contributed by atoms with van der Waals surface area (Å²) in [5.74, 6) is -2.79. The lowest BCUT2D eigenvalue weighted by molar-refractivity contribution is 0.0520. The van der Waals surface area contributed by atoms with Gasteiger partial charge in [-0.3, -0.25) is 0 Å². The molecule has 0 unspecified atom stereocenters. The summed E-state index contributed by atoms with van der Waals surface area (Å²) in [7, 11) is 0. The predicted octanol–water partition coefficient (Wildman–Crippen LogP) is 3.64. The first kappa shape index (κ1) is 18.4. The average molecular weight is 377 g/mol. The molecular weight excluding hydrogens is 363 g/mol. The van der Waals surface area contributed by atoms with E-state index in [2.05, 4.69) is 15.4 Å². The zero-order chi connectivity index (χ0) is 19.4. The van der Waals surface area contributed by atoms with Gasteiger partial charge in [-0.25, -0.2) is 18.0 Å². The Morgan fingerprint density at radius 1 is 1.04 bits per heavy atom. The highest BCUT2D eigenvalue weighted by Crippen LogP contribution is 2.32. The van der Waals surface area contributed by atoms with Crippen molar-refractivity contribution in [2.75, 3.05) is 6.61 Å². The summed E-state index contributed by atoms with van der Waals surface area (Å²) < 4.78 is 50.7. The number of esters is 1. The third-order valence-electron chi connectivity index (χ3n) is 3.53. The van der Waals surface area contributed by atoms with Gasteiger partial charge in [-0.05, 0) is 36.8 Å². The van der Waals surface area contributed by atoms with Crippen molar-refractivity contribution in [3.8, 4) is 17.0 Å². The molecule has 0 amide bonds. The summed E-state index contributed by atoms with van der Waals surface area (Å²) in [6.07, 6.45) is 0. The van der Waals surface area contributed by atoms with Crippen LogP contribution in [0.15, 0.2) is 36.4 Å². The Balaban J connectivity index is 1.92. The number of benzene rings is 2. The van der Waals surface area contributed by atoms with E-state index in [4.69, 9.17) is 9.47 Å². The molecule has 9 heteroatoms. The molecule has 3 aromatic rings. The highest BCUT2D eigenvalue weighted by atomic mass is 19.1. The molecule has 3 rings (SSSR count). The minimum absolute atomic E-state index is 0.0270. The number of ether oxygens (including phenoxy) is 2. The lowest BCUT2D eigenvalue weighted by atomic mass is 10.1. The summed E-state index contributed by atoms with van der Waals surface area (Å²) >= 11 is 0. The van der Waals surface area contributed by atoms with Crippen molar-refractivity contribution >= 4 is 5.97 Å². The smallest absolute Gasteiger partial charge is 0.361 e. The SMILES string of the molecule is CCOC(=O)c1n[nH]nc1-c1ccc(F)cc1OCc1cc(F)cc(F)c1. The maximum Gasteiger partial charge on any atom is 0.361 e. The predicted molar refractivity (Wildman–Crippen MR) is 88.4 cm³/mol. The fraction of sp³-hybridized carbons (Fsp3) is 0.167. The Labute approximate surface area is 151 Å². The largest absolute Gasteiger partial charge is 0.488 e. The van der Waals surface area contributed by atoms with Crippen LogP contribution in [0.4, 0.5) is 13.2 Å². The van der Waals surface area contributed by atoms with Crippen LogP contribution in [0.3, 0.4) is 0 Å². The molecule has 1 heterocycles. The lowest BCUT2D eigenvalue weighted by Gasteiger charge is -2.11. The number of hydrogen-bond donors (Lipinski definition) is 1. The molecule has 0 bridgehead atoms. The number of nitrogens with one attached hydrogen (secondary N) is 1. The van der Waals surface area contributed by atoms with Crippen LogP contribution >= 0.6 is 0 Å². The molecular formula is C18H14F3N3O3. The van der Waals surface area contributed by atoms with Crippen molar-refractivity contribution < 1.29 is 27.4 Å². The van der Waals surface area contributed by atoms with Gasteiger partial charge in [0, 0.05) is 17.7 Å². The van der Waals surface area contributed by atoms with E-state index in [1.54, 1.807) is 6.92 Å². The molecule has 0 radical (unpaired) electrons. The van der Waals surface area contributed by atoms with E-state index in [1.807, 2.05) is 0 Å². The number of H-pyrrole nitrogens is 1. The number of hydrogen-bond acceptors (Lipinski definition) is 5. The molecule has 0 atom stereocenters. The van der Waals surface area contributed by atoms with Crippen molar-refractivity contribution in [1.82, 2.24) is 15.4 Å². The Kier molecular flexibility index (Phi) is 5.39. The number of nitrogens with zero attached hydrogens (tertiary/aromatic N) is 2. The van der Waals surface area contributed by atoms with Gasteiger partial charge in [-0.1, -0.05) is 0 Å². The number of halogens is 3. The Hall–Kier alpha value is -3.36. The standard InChI is InChI=1S/C18H14F3N3O3/c1-2-26-18(25)17-16(22-24-23-17)14-4-3-11(19)8-15(14)27-9-10-5-12(20)7-13(21)6-10/h3-8H,2,9H2,1H3,(H,22,23,24). The van der Waals surface area contributed by atoms with Crippen LogP contribution in [0.1, 0.15) is 23.0 Å². The van der Waals surface area contributed by atoms with Gasteiger partial charge >= 0.3 is 5.97 Å². The Bertz CT molecular complexity index is 955. The van der Waals surface area contributed by atoms with Crippen LogP contribution in [-0.4, -0.2) is 28.0 Å². The zero-order valence-corrected chi connectivity index (χ0v) is 14.1. The van der Waals surface area contributed by atoms with Gasteiger partial charge in [0.15, 0.2) is 5.69 Å². The molecule has 0 aliphatic rings. The van der Waals surface area contributed by atoms with Crippen LogP contribution in [0.2, 0.25) is 0 Å². The van der Waals surface area contributed by atoms with E-state index in [-0.39, 0.29) is 41.5 Å². The van der Waals surface area contributed by atoms with Gasteiger partial charge in [0.2, 0.25) is 0 Å². The van der Waals surface area contributed by atoms with Gasteiger partial charge in [0.1, 0.15) is 35.5 Å². The summed E-state index contributed by atoms with van der Waals surface area (Å²) in [6.45, 7) is 1.56. The second kappa shape index (κ2) is 7.90. The molecule has 0 saturated heterocycles. The molecule has 0 aliphatic heterocycles. The third kappa shape index (κ3) is 4.25. The fourth-order valence-electron chi connectivity index (χ4n) is 2.43. The number of aromatic amines is 1. The van der Waals surface area contributed by atoms with Crippen LogP contribution in [0.25, 0.3) is 11.3 Å². The monoisotopic (exact) mass is 377 g/mol. The Morgan fingerprint density at radius 2 is 1.78 bits per heavy atom. The number of rotatable bonds is 6.